The predicted molar refractivity (Wildman–Crippen MR) is 132 cm³/mol. The van der Waals surface area contributed by atoms with Crippen LogP contribution in [0, 0.1) is 0 Å². The third-order valence-electron chi connectivity index (χ3n) is 4.85. The number of hydrogen-bond donors (Lipinski definition) is 0. The highest BCUT2D eigenvalue weighted by molar-refractivity contribution is 5.75. The van der Waals surface area contributed by atoms with Gasteiger partial charge < -0.3 is 23.7 Å². The lowest BCUT2D eigenvalue weighted by molar-refractivity contribution is -0.149. The Labute approximate surface area is 215 Å². The fourth-order valence-electron chi connectivity index (χ4n) is 3.21. The van der Waals surface area contributed by atoms with Gasteiger partial charge in [-0.3, -0.25) is 33.9 Å². The summed E-state index contributed by atoms with van der Waals surface area (Å²) >= 11 is 0. The number of carbonyl (C=O) groups excluding carboxylic acids is 4. The van der Waals surface area contributed by atoms with Crippen molar-refractivity contribution in [2.24, 2.45) is 0 Å². The molecule has 36 heavy (non-hydrogen) atoms. The largest absolute Gasteiger partial charge is 0.465 e. The smallest absolute Gasteiger partial charge is 0.320 e. The fourth-order valence-corrected chi connectivity index (χ4v) is 3.21. The van der Waals surface area contributed by atoms with E-state index < -0.39 is 11.9 Å². The number of nitrogens with zero attached hydrogens (tertiary/aromatic N) is 3. The molecule has 0 radical (unpaired) electrons. The molecule has 0 amide bonds. The van der Waals surface area contributed by atoms with Gasteiger partial charge in [-0.15, -0.1) is 0 Å². The van der Waals surface area contributed by atoms with Crippen LogP contribution in [0.3, 0.4) is 0 Å². The summed E-state index contributed by atoms with van der Waals surface area (Å²) in [4.78, 5) is 53.7. The molecule has 0 aromatic rings. The van der Waals surface area contributed by atoms with Crippen LogP contribution < -0.4 is 0 Å². The second kappa shape index (κ2) is 22.0. The molecule has 0 aromatic heterocycles. The highest BCUT2D eigenvalue weighted by Crippen LogP contribution is 2.00. The second-order valence-electron chi connectivity index (χ2n) is 7.68. The Balaban J connectivity index is 5.28. The lowest BCUT2D eigenvalue weighted by Gasteiger charge is -2.28. The van der Waals surface area contributed by atoms with E-state index >= 15 is 0 Å². The van der Waals surface area contributed by atoms with Gasteiger partial charge in [-0.2, -0.15) is 0 Å². The third kappa shape index (κ3) is 18.1. The molecule has 0 heterocycles. The molecular weight excluding hydrogens is 474 g/mol. The van der Waals surface area contributed by atoms with Gasteiger partial charge in [0.05, 0.1) is 59.2 Å². The summed E-state index contributed by atoms with van der Waals surface area (Å²) in [5.74, 6) is -1.61. The topological polar surface area (TPSA) is 124 Å². The van der Waals surface area contributed by atoms with Crippen molar-refractivity contribution in [3.05, 3.63) is 0 Å². The summed E-state index contributed by atoms with van der Waals surface area (Å²) in [7, 11) is 0. The molecule has 0 aliphatic carbocycles. The second-order valence-corrected chi connectivity index (χ2v) is 7.68. The van der Waals surface area contributed by atoms with Gasteiger partial charge in [-0.25, -0.2) is 0 Å². The molecule has 0 fully saturated rings. The molecule has 0 atom stereocenters. The number of hydrogen-bond acceptors (Lipinski definition) is 12. The standard InChI is InChI=1S/C24H45N3O9/c1-6-32-16-15-26(18-22(29)34-8-3)12-11-25(17-21(28)33-7-2)13-14-27(19-23(30)35-9-4)20-24(31)36-10-5/h6-20H2,1-5H3. The van der Waals surface area contributed by atoms with E-state index in [0.29, 0.717) is 52.5 Å². The minimum absolute atomic E-state index is 0.0270. The summed E-state index contributed by atoms with van der Waals surface area (Å²) in [5.41, 5.74) is 0. The van der Waals surface area contributed by atoms with Gasteiger partial charge in [0, 0.05) is 39.3 Å². The third-order valence-corrected chi connectivity index (χ3v) is 4.85. The Morgan fingerprint density at radius 3 is 1.08 bits per heavy atom. The Morgan fingerprint density at radius 2 is 0.750 bits per heavy atom. The van der Waals surface area contributed by atoms with Crippen molar-refractivity contribution >= 4 is 23.9 Å². The van der Waals surface area contributed by atoms with Crippen molar-refractivity contribution in [2.45, 2.75) is 34.6 Å². The van der Waals surface area contributed by atoms with Crippen LogP contribution in [0.1, 0.15) is 34.6 Å². The SMILES string of the molecule is CCOCCN(CCN(CCN(CC(=O)OCC)CC(=O)OCC)CC(=O)OCC)CC(=O)OCC. The van der Waals surface area contributed by atoms with Crippen molar-refractivity contribution in [3.8, 4) is 0 Å². The Kier molecular flexibility index (Phi) is 20.6. The molecule has 210 valence electrons. The monoisotopic (exact) mass is 519 g/mol. The lowest BCUT2D eigenvalue weighted by Crippen LogP contribution is -2.45. The maximum absolute atomic E-state index is 12.2. The van der Waals surface area contributed by atoms with E-state index in [1.165, 1.54) is 0 Å². The molecule has 12 nitrogen and oxygen atoms in total. The molecular formula is C24H45N3O9. The van der Waals surface area contributed by atoms with Gasteiger partial charge in [0.25, 0.3) is 0 Å². The first-order valence-electron chi connectivity index (χ1n) is 12.7. The molecule has 12 heteroatoms. The summed E-state index contributed by atoms with van der Waals surface area (Å²) in [6.07, 6.45) is 0. The Morgan fingerprint density at radius 1 is 0.444 bits per heavy atom. The van der Waals surface area contributed by atoms with E-state index in [9.17, 15) is 19.2 Å². The van der Waals surface area contributed by atoms with Gasteiger partial charge in [0.2, 0.25) is 0 Å². The fraction of sp³-hybridized carbons (Fsp3) is 0.833. The minimum Gasteiger partial charge on any atom is -0.465 e. The quantitative estimate of drug-likeness (QED) is 0.110. The van der Waals surface area contributed by atoms with Gasteiger partial charge in [0.1, 0.15) is 0 Å². The van der Waals surface area contributed by atoms with Crippen molar-refractivity contribution in [3.63, 3.8) is 0 Å². The molecule has 0 spiro atoms. The summed E-state index contributed by atoms with van der Waals surface area (Å²) in [5, 5.41) is 0. The molecule has 0 aromatic carbocycles. The highest BCUT2D eigenvalue weighted by atomic mass is 16.5. The van der Waals surface area contributed by atoms with Crippen molar-refractivity contribution in [2.75, 3.05) is 98.5 Å². The predicted octanol–water partition coefficient (Wildman–Crippen LogP) is 0.181. The van der Waals surface area contributed by atoms with Gasteiger partial charge in [0.15, 0.2) is 0 Å². The molecule has 0 unspecified atom stereocenters. The van der Waals surface area contributed by atoms with Crippen LogP contribution >= 0.6 is 0 Å². The van der Waals surface area contributed by atoms with E-state index in [1.807, 2.05) is 16.7 Å². The van der Waals surface area contributed by atoms with Crippen molar-refractivity contribution < 1.29 is 42.9 Å². The lowest BCUT2D eigenvalue weighted by atomic mass is 10.3. The zero-order valence-corrected chi connectivity index (χ0v) is 22.6. The van der Waals surface area contributed by atoms with Crippen LogP contribution in [0.4, 0.5) is 0 Å². The van der Waals surface area contributed by atoms with Gasteiger partial charge >= 0.3 is 23.9 Å². The molecule has 0 aliphatic heterocycles. The van der Waals surface area contributed by atoms with Crippen LogP contribution in [0.5, 0.6) is 0 Å². The van der Waals surface area contributed by atoms with Crippen molar-refractivity contribution in [1.82, 2.24) is 14.7 Å². The Bertz CT molecular complexity index is 614. The zero-order valence-electron chi connectivity index (χ0n) is 22.6. The summed E-state index contributed by atoms with van der Waals surface area (Å²) in [6, 6.07) is 0. The molecule has 0 bridgehead atoms. The number of rotatable bonds is 22. The number of carbonyl (C=O) groups is 4. The molecule has 0 saturated carbocycles. The molecule has 0 N–H and O–H groups in total. The first-order chi connectivity index (χ1) is 17.3. The first-order valence-corrected chi connectivity index (χ1v) is 12.7. The maximum atomic E-state index is 12.2. The zero-order chi connectivity index (χ0) is 27.2. The average Bonchev–Trinajstić information content (AvgIpc) is 2.81. The highest BCUT2D eigenvalue weighted by Gasteiger charge is 2.20. The van der Waals surface area contributed by atoms with E-state index in [0.717, 1.165) is 0 Å². The van der Waals surface area contributed by atoms with Crippen LogP contribution in [0.2, 0.25) is 0 Å². The van der Waals surface area contributed by atoms with E-state index in [-0.39, 0.29) is 57.9 Å². The van der Waals surface area contributed by atoms with Gasteiger partial charge in [-0.05, 0) is 34.6 Å². The van der Waals surface area contributed by atoms with Gasteiger partial charge in [-0.1, -0.05) is 0 Å². The summed E-state index contributed by atoms with van der Waals surface area (Å²) in [6.45, 7) is 13.0. The average molecular weight is 520 g/mol. The first kappa shape index (κ1) is 33.7. The normalized spacial score (nSPS) is 11.1. The number of esters is 4. The van der Waals surface area contributed by atoms with Crippen LogP contribution in [-0.2, 0) is 42.9 Å². The minimum atomic E-state index is -0.449. The van der Waals surface area contributed by atoms with Crippen molar-refractivity contribution in [1.29, 1.82) is 0 Å². The molecule has 0 aliphatic rings. The van der Waals surface area contributed by atoms with E-state index in [4.69, 9.17) is 23.7 Å². The van der Waals surface area contributed by atoms with Crippen LogP contribution in [0.25, 0.3) is 0 Å². The maximum Gasteiger partial charge on any atom is 0.320 e. The number of ether oxygens (including phenoxy) is 5. The summed E-state index contributed by atoms with van der Waals surface area (Å²) < 4.78 is 25.6. The molecule has 0 saturated heterocycles. The van der Waals surface area contributed by atoms with Crippen LogP contribution in [-0.4, -0.2) is 137 Å². The van der Waals surface area contributed by atoms with Crippen LogP contribution in [0.15, 0.2) is 0 Å². The molecule has 0 rings (SSSR count). The van der Waals surface area contributed by atoms with E-state index in [1.54, 1.807) is 32.6 Å². The van der Waals surface area contributed by atoms with E-state index in [2.05, 4.69) is 0 Å². The Hall–Kier alpha value is -2.28.